The van der Waals surface area contributed by atoms with Crippen molar-refractivity contribution in [3.05, 3.63) is 24.3 Å². The maximum absolute atomic E-state index is 6.87. The van der Waals surface area contributed by atoms with Crippen LogP contribution in [0.2, 0.25) is 0 Å². The van der Waals surface area contributed by atoms with E-state index in [2.05, 4.69) is 45.1 Å². The molecule has 49 heavy (non-hydrogen) atoms. The zero-order valence-corrected chi connectivity index (χ0v) is 33.8. The van der Waals surface area contributed by atoms with Gasteiger partial charge < -0.3 is 9.47 Å². The summed E-state index contributed by atoms with van der Waals surface area (Å²) in [6, 6.07) is 0. The van der Waals surface area contributed by atoms with Crippen LogP contribution in [0.4, 0.5) is 0 Å². The van der Waals surface area contributed by atoms with Gasteiger partial charge >= 0.3 is 0 Å². The summed E-state index contributed by atoms with van der Waals surface area (Å²) in [5, 5.41) is 0. The molecule has 2 bridgehead atoms. The molecule has 3 heteroatoms. The summed E-state index contributed by atoms with van der Waals surface area (Å²) < 4.78 is 14.5. The third-order valence-corrected chi connectivity index (χ3v) is 12.1. The molecule has 0 aromatic heterocycles. The number of hydrogen-bond acceptors (Lipinski definition) is 2. The van der Waals surface area contributed by atoms with Gasteiger partial charge in [-0.2, -0.15) is 0 Å². The summed E-state index contributed by atoms with van der Waals surface area (Å²) in [6.45, 7) is 13.5. The van der Waals surface area contributed by atoms with E-state index < -0.39 is 0 Å². The molecule has 0 aromatic rings. The first-order valence-electron chi connectivity index (χ1n) is 22.5. The van der Waals surface area contributed by atoms with Crippen molar-refractivity contribution < 1.29 is 14.0 Å². The summed E-state index contributed by atoms with van der Waals surface area (Å²) in [5.74, 6) is 0.974. The number of fused-ring (bicyclic) bond motifs is 3. The van der Waals surface area contributed by atoms with Gasteiger partial charge in [0.2, 0.25) is 5.72 Å². The first kappa shape index (κ1) is 44.5. The van der Waals surface area contributed by atoms with E-state index in [4.69, 9.17) is 9.47 Å². The second-order valence-electron chi connectivity index (χ2n) is 16.5. The van der Waals surface area contributed by atoms with Crippen LogP contribution in [0.15, 0.2) is 24.3 Å². The molecule has 0 radical (unpaired) electrons. The van der Waals surface area contributed by atoms with Crippen LogP contribution in [0.25, 0.3) is 0 Å². The largest absolute Gasteiger partial charge is 0.372 e. The third-order valence-electron chi connectivity index (χ3n) is 12.1. The van der Waals surface area contributed by atoms with Crippen molar-refractivity contribution in [1.82, 2.24) is 0 Å². The number of nitrogens with zero attached hydrogens (tertiary/aromatic N) is 1. The second kappa shape index (κ2) is 30.9. The topological polar surface area (TPSA) is 18.5 Å². The smallest absolute Gasteiger partial charge is 0.224 e. The van der Waals surface area contributed by atoms with Crippen LogP contribution in [0.5, 0.6) is 0 Å². The normalized spacial score (nSPS) is 20.6. The van der Waals surface area contributed by atoms with Gasteiger partial charge in [0.15, 0.2) is 0 Å². The Morgan fingerprint density at radius 2 is 0.816 bits per heavy atom. The van der Waals surface area contributed by atoms with Crippen LogP contribution in [0, 0.1) is 5.92 Å². The number of rotatable bonds is 36. The quantitative estimate of drug-likeness (QED) is 0.0371. The number of unbranched alkanes of at least 4 members (excludes halogenated alkanes) is 24. The van der Waals surface area contributed by atoms with Gasteiger partial charge in [-0.25, -0.2) is 0 Å². The van der Waals surface area contributed by atoms with Crippen LogP contribution >= 0.6 is 0 Å². The summed E-state index contributed by atoms with van der Waals surface area (Å²) >= 11 is 0. The summed E-state index contributed by atoms with van der Waals surface area (Å²) in [4.78, 5) is 0. The fourth-order valence-corrected chi connectivity index (χ4v) is 8.44. The molecule has 3 aliphatic heterocycles. The average Bonchev–Trinajstić information content (AvgIpc) is 3.13. The van der Waals surface area contributed by atoms with Crippen molar-refractivity contribution in [2.75, 3.05) is 39.5 Å². The zero-order chi connectivity index (χ0) is 35.0. The zero-order valence-electron chi connectivity index (χ0n) is 33.8. The third kappa shape index (κ3) is 21.5. The Kier molecular flexibility index (Phi) is 28.1. The molecule has 0 spiro atoms. The van der Waals surface area contributed by atoms with Gasteiger partial charge in [-0.05, 0) is 89.4 Å². The van der Waals surface area contributed by atoms with Gasteiger partial charge in [0, 0.05) is 13.5 Å². The lowest BCUT2D eigenvalue weighted by Gasteiger charge is -2.57. The predicted molar refractivity (Wildman–Crippen MR) is 216 cm³/mol. The lowest BCUT2D eigenvalue weighted by atomic mass is 9.83. The second-order valence-corrected chi connectivity index (χ2v) is 16.5. The minimum atomic E-state index is -0.171. The highest BCUT2D eigenvalue weighted by atomic mass is 16.6. The Morgan fingerprint density at radius 3 is 1.22 bits per heavy atom. The van der Waals surface area contributed by atoms with Crippen LogP contribution < -0.4 is 0 Å². The number of hydrogen-bond donors (Lipinski definition) is 0. The molecule has 288 valence electrons. The van der Waals surface area contributed by atoms with Gasteiger partial charge in [0.1, 0.15) is 6.61 Å². The SMILES string of the molecule is CCCCCCCCC=CCCCCCCCCOCC(C)(OCCCCCCCCC=CCCCCCCCC)[N+]12CCC(CC1)CC2. The predicted octanol–water partition coefficient (Wildman–Crippen LogP) is 14.4. The summed E-state index contributed by atoms with van der Waals surface area (Å²) in [5.41, 5.74) is -0.171. The molecule has 0 aliphatic carbocycles. The van der Waals surface area contributed by atoms with E-state index in [1.165, 1.54) is 219 Å². The molecule has 3 aliphatic rings. The van der Waals surface area contributed by atoms with Crippen molar-refractivity contribution in [2.24, 2.45) is 5.92 Å². The molecule has 0 aromatic carbocycles. The molecule has 3 heterocycles. The van der Waals surface area contributed by atoms with E-state index in [0.717, 1.165) is 30.2 Å². The molecular formula is C46H88NO2+. The fraction of sp³-hybridized carbons (Fsp3) is 0.913. The Bertz CT molecular complexity index is 755. The van der Waals surface area contributed by atoms with E-state index >= 15 is 0 Å². The van der Waals surface area contributed by atoms with Crippen LogP contribution in [0.1, 0.15) is 220 Å². The molecule has 3 rings (SSSR count). The average molecular weight is 687 g/mol. The number of piperidine rings is 3. The Morgan fingerprint density at radius 1 is 0.469 bits per heavy atom. The molecule has 1 unspecified atom stereocenters. The van der Waals surface area contributed by atoms with Crippen molar-refractivity contribution in [3.8, 4) is 0 Å². The number of allylic oxidation sites excluding steroid dienone is 4. The standard InChI is InChI=1S/C46H88NO2/c1-4-6-8-10-12-14-16-18-20-22-24-26-28-30-32-34-42-48-44-46(3,47-39-36-45(37-40-47)38-41-47)49-43-35-33-31-29-27-25-23-21-19-17-15-13-11-9-7-5-2/h18-21,45H,4-17,22-44H2,1-3H3/q+1. The first-order chi connectivity index (χ1) is 24.2. The van der Waals surface area contributed by atoms with E-state index in [9.17, 15) is 0 Å². The monoisotopic (exact) mass is 687 g/mol. The van der Waals surface area contributed by atoms with Crippen molar-refractivity contribution >= 4 is 0 Å². The Balaban J connectivity index is 1.49. The fourth-order valence-electron chi connectivity index (χ4n) is 8.44. The summed E-state index contributed by atoms with van der Waals surface area (Å²) in [6.07, 6.45) is 51.8. The minimum absolute atomic E-state index is 0.171. The minimum Gasteiger partial charge on any atom is -0.372 e. The number of ether oxygens (including phenoxy) is 2. The molecule has 0 N–H and O–H groups in total. The maximum Gasteiger partial charge on any atom is 0.224 e. The van der Waals surface area contributed by atoms with Gasteiger partial charge in [0.05, 0.1) is 26.2 Å². The summed E-state index contributed by atoms with van der Waals surface area (Å²) in [7, 11) is 0. The van der Waals surface area contributed by atoms with Crippen LogP contribution in [-0.4, -0.2) is 49.7 Å². The molecule has 3 saturated heterocycles. The van der Waals surface area contributed by atoms with Gasteiger partial charge in [-0.1, -0.05) is 154 Å². The van der Waals surface area contributed by atoms with Crippen LogP contribution in [0.3, 0.4) is 0 Å². The van der Waals surface area contributed by atoms with Crippen molar-refractivity contribution in [2.45, 2.75) is 226 Å². The molecule has 0 saturated carbocycles. The van der Waals surface area contributed by atoms with E-state index in [1.807, 2.05) is 0 Å². The lowest BCUT2D eigenvalue weighted by molar-refractivity contribution is -1.01. The van der Waals surface area contributed by atoms with Crippen LogP contribution in [-0.2, 0) is 9.47 Å². The molecule has 0 amide bonds. The maximum atomic E-state index is 6.87. The van der Waals surface area contributed by atoms with E-state index in [1.54, 1.807) is 0 Å². The lowest BCUT2D eigenvalue weighted by Crippen LogP contribution is -2.71. The molecule has 1 atom stereocenters. The van der Waals surface area contributed by atoms with Gasteiger partial charge in [-0.3, -0.25) is 4.48 Å². The molecule has 3 nitrogen and oxygen atoms in total. The van der Waals surface area contributed by atoms with E-state index in [-0.39, 0.29) is 5.72 Å². The highest BCUT2D eigenvalue weighted by molar-refractivity contribution is 4.82. The van der Waals surface area contributed by atoms with Gasteiger partial charge in [-0.15, -0.1) is 0 Å². The molecular weight excluding hydrogens is 599 g/mol. The Hall–Kier alpha value is -0.640. The van der Waals surface area contributed by atoms with Crippen molar-refractivity contribution in [1.29, 1.82) is 0 Å². The number of quaternary nitrogens is 1. The van der Waals surface area contributed by atoms with Gasteiger partial charge in [0.25, 0.3) is 0 Å². The van der Waals surface area contributed by atoms with E-state index in [0.29, 0.717) is 0 Å². The Labute approximate surface area is 308 Å². The van der Waals surface area contributed by atoms with Crippen molar-refractivity contribution in [3.63, 3.8) is 0 Å². The first-order valence-corrected chi connectivity index (χ1v) is 22.5. The molecule has 3 fully saturated rings. The highest BCUT2D eigenvalue weighted by Crippen LogP contribution is 2.41. The highest BCUT2D eigenvalue weighted by Gasteiger charge is 2.53.